The van der Waals surface area contributed by atoms with Crippen molar-refractivity contribution in [2.24, 2.45) is 0 Å². The molecule has 3 aromatic rings. The second kappa shape index (κ2) is 4.37. The van der Waals surface area contributed by atoms with Crippen LogP contribution < -0.4 is 0 Å². The first-order valence-corrected chi connectivity index (χ1v) is 6.40. The predicted molar refractivity (Wildman–Crippen MR) is 73.3 cm³/mol. The fraction of sp³-hybridized carbons (Fsp3) is 0. The average molecular weight is 326 g/mol. The Morgan fingerprint density at radius 3 is 2.78 bits per heavy atom. The molecule has 18 heavy (non-hydrogen) atoms. The quantitative estimate of drug-likeness (QED) is 0.641. The van der Waals surface area contributed by atoms with Crippen LogP contribution in [-0.2, 0) is 0 Å². The Bertz CT molecular complexity index is 739. The maximum atomic E-state index is 13.8. The number of nitrogens with zero attached hydrogens (tertiary/aromatic N) is 2. The van der Waals surface area contributed by atoms with Crippen LogP contribution in [-0.4, -0.2) is 9.38 Å². The van der Waals surface area contributed by atoms with Gasteiger partial charge in [-0.3, -0.25) is 0 Å². The van der Waals surface area contributed by atoms with Gasteiger partial charge in [-0.15, -0.1) is 0 Å². The number of halogens is 3. The van der Waals surface area contributed by atoms with Gasteiger partial charge in [-0.2, -0.15) is 0 Å². The highest BCUT2D eigenvalue weighted by Gasteiger charge is 2.09. The van der Waals surface area contributed by atoms with Gasteiger partial charge in [-0.25, -0.2) is 9.37 Å². The van der Waals surface area contributed by atoms with E-state index in [2.05, 4.69) is 20.9 Å². The Hall–Kier alpha value is -1.39. The topological polar surface area (TPSA) is 17.3 Å². The molecule has 0 fully saturated rings. The lowest BCUT2D eigenvalue weighted by Gasteiger charge is -1.98. The maximum Gasteiger partial charge on any atom is 0.137 e. The summed E-state index contributed by atoms with van der Waals surface area (Å²) in [4.78, 5) is 4.36. The highest BCUT2D eigenvalue weighted by Crippen LogP contribution is 2.25. The molecular formula is C13H7BrClFN2. The molecule has 2 aromatic heterocycles. The molecule has 0 aliphatic carbocycles. The van der Waals surface area contributed by atoms with Crippen LogP contribution in [0.25, 0.3) is 16.9 Å². The van der Waals surface area contributed by atoms with Gasteiger partial charge in [-0.05, 0) is 30.3 Å². The van der Waals surface area contributed by atoms with Gasteiger partial charge in [0.15, 0.2) is 0 Å². The van der Waals surface area contributed by atoms with E-state index in [-0.39, 0.29) is 5.82 Å². The summed E-state index contributed by atoms with van der Waals surface area (Å²) < 4.78 is 16.3. The minimum atomic E-state index is -0.307. The smallest absolute Gasteiger partial charge is 0.137 e. The lowest BCUT2D eigenvalue weighted by atomic mass is 10.1. The molecule has 3 rings (SSSR count). The van der Waals surface area contributed by atoms with Gasteiger partial charge in [0.1, 0.15) is 11.5 Å². The Kier molecular flexibility index (Phi) is 2.84. The number of benzene rings is 1. The van der Waals surface area contributed by atoms with Crippen LogP contribution in [0.4, 0.5) is 4.39 Å². The fourth-order valence-corrected chi connectivity index (χ4v) is 2.29. The molecule has 2 nitrogen and oxygen atoms in total. The molecule has 0 aliphatic rings. The summed E-state index contributed by atoms with van der Waals surface area (Å²) in [5.41, 5.74) is 1.79. The van der Waals surface area contributed by atoms with Crippen LogP contribution in [0.3, 0.4) is 0 Å². The number of hydrogen-bond donors (Lipinski definition) is 0. The van der Waals surface area contributed by atoms with Gasteiger partial charge in [-0.1, -0.05) is 27.5 Å². The maximum absolute atomic E-state index is 13.8. The van der Waals surface area contributed by atoms with E-state index in [1.54, 1.807) is 41.1 Å². The van der Waals surface area contributed by atoms with Crippen LogP contribution >= 0.6 is 27.5 Å². The molecular weight excluding hydrogens is 319 g/mol. The molecule has 2 heterocycles. The van der Waals surface area contributed by atoms with Crippen LogP contribution in [0.15, 0.2) is 47.2 Å². The molecule has 1 aromatic carbocycles. The molecule has 0 spiro atoms. The summed E-state index contributed by atoms with van der Waals surface area (Å²) in [6.07, 6.45) is 3.50. The Morgan fingerprint density at radius 2 is 2.00 bits per heavy atom. The number of fused-ring (bicyclic) bond motifs is 1. The Balaban J connectivity index is 2.19. The van der Waals surface area contributed by atoms with Crippen molar-refractivity contribution in [3.05, 3.63) is 58.0 Å². The van der Waals surface area contributed by atoms with Crippen LogP contribution in [0.2, 0.25) is 5.02 Å². The molecule has 0 saturated heterocycles. The first kappa shape index (κ1) is 11.7. The zero-order valence-electron chi connectivity index (χ0n) is 9.07. The van der Waals surface area contributed by atoms with Crippen LogP contribution in [0.5, 0.6) is 0 Å². The van der Waals surface area contributed by atoms with Gasteiger partial charge in [0.25, 0.3) is 0 Å². The van der Waals surface area contributed by atoms with E-state index in [9.17, 15) is 4.39 Å². The number of hydrogen-bond acceptors (Lipinski definition) is 1. The molecule has 90 valence electrons. The van der Waals surface area contributed by atoms with Gasteiger partial charge < -0.3 is 4.40 Å². The summed E-state index contributed by atoms with van der Waals surface area (Å²) in [5.74, 6) is -0.307. The summed E-state index contributed by atoms with van der Waals surface area (Å²) >= 11 is 9.13. The molecule has 0 aliphatic heterocycles. The van der Waals surface area contributed by atoms with Crippen molar-refractivity contribution in [2.75, 3.05) is 0 Å². The normalized spacial score (nSPS) is 11.1. The molecule has 0 bridgehead atoms. The standard InChI is InChI=1S/C13H7BrClFN2/c14-8-1-3-10(11(16)5-8)12-7-18-6-9(15)2-4-13(18)17-12/h1-7H. The lowest BCUT2D eigenvalue weighted by Crippen LogP contribution is -1.83. The van der Waals surface area contributed by atoms with E-state index in [1.165, 1.54) is 6.07 Å². The van der Waals surface area contributed by atoms with Crippen molar-refractivity contribution >= 4 is 33.2 Å². The highest BCUT2D eigenvalue weighted by atomic mass is 79.9. The van der Waals surface area contributed by atoms with Crippen LogP contribution in [0, 0.1) is 5.82 Å². The lowest BCUT2D eigenvalue weighted by molar-refractivity contribution is 0.630. The third-order valence-corrected chi connectivity index (χ3v) is 3.34. The van der Waals surface area contributed by atoms with Crippen molar-refractivity contribution < 1.29 is 4.39 Å². The third kappa shape index (κ3) is 2.02. The fourth-order valence-electron chi connectivity index (χ4n) is 1.79. The molecule has 0 radical (unpaired) electrons. The molecule has 0 saturated carbocycles. The SMILES string of the molecule is Fc1cc(Br)ccc1-c1cn2cc(Cl)ccc2n1. The zero-order valence-corrected chi connectivity index (χ0v) is 11.4. The predicted octanol–water partition coefficient (Wildman–Crippen LogP) is 4.56. The van der Waals surface area contributed by atoms with Crippen molar-refractivity contribution in [3.63, 3.8) is 0 Å². The van der Waals surface area contributed by atoms with Crippen molar-refractivity contribution in [1.82, 2.24) is 9.38 Å². The number of aromatic nitrogens is 2. The minimum Gasteiger partial charge on any atom is -0.305 e. The third-order valence-electron chi connectivity index (χ3n) is 2.62. The van der Waals surface area contributed by atoms with Crippen molar-refractivity contribution in [3.8, 4) is 11.3 Å². The van der Waals surface area contributed by atoms with Gasteiger partial charge >= 0.3 is 0 Å². The second-order valence-corrected chi connectivity index (χ2v) is 5.22. The van der Waals surface area contributed by atoms with E-state index in [4.69, 9.17) is 11.6 Å². The monoisotopic (exact) mass is 324 g/mol. The number of pyridine rings is 1. The first-order chi connectivity index (χ1) is 8.63. The molecule has 0 unspecified atom stereocenters. The van der Waals surface area contributed by atoms with Crippen molar-refractivity contribution in [2.45, 2.75) is 0 Å². The van der Waals surface area contributed by atoms with E-state index < -0.39 is 0 Å². The van der Waals surface area contributed by atoms with E-state index >= 15 is 0 Å². The van der Waals surface area contributed by atoms with E-state index in [0.29, 0.717) is 20.8 Å². The highest BCUT2D eigenvalue weighted by molar-refractivity contribution is 9.10. The Labute approximate surface area is 116 Å². The molecule has 0 amide bonds. The Morgan fingerprint density at radius 1 is 1.17 bits per heavy atom. The minimum absolute atomic E-state index is 0.307. The number of rotatable bonds is 1. The largest absolute Gasteiger partial charge is 0.305 e. The van der Waals surface area contributed by atoms with E-state index in [0.717, 1.165) is 5.65 Å². The molecule has 5 heteroatoms. The van der Waals surface area contributed by atoms with Crippen LogP contribution in [0.1, 0.15) is 0 Å². The first-order valence-electron chi connectivity index (χ1n) is 5.23. The second-order valence-electron chi connectivity index (χ2n) is 3.86. The van der Waals surface area contributed by atoms with Crippen molar-refractivity contribution in [1.29, 1.82) is 0 Å². The number of imidazole rings is 1. The van der Waals surface area contributed by atoms with Gasteiger partial charge in [0.05, 0.1) is 10.7 Å². The van der Waals surface area contributed by atoms with Gasteiger partial charge in [0, 0.05) is 22.4 Å². The van der Waals surface area contributed by atoms with E-state index in [1.807, 2.05) is 0 Å². The zero-order chi connectivity index (χ0) is 12.7. The summed E-state index contributed by atoms with van der Waals surface area (Å²) in [6, 6.07) is 8.46. The average Bonchev–Trinajstić information content (AvgIpc) is 2.71. The molecule has 0 N–H and O–H groups in total. The summed E-state index contributed by atoms with van der Waals surface area (Å²) in [6.45, 7) is 0. The summed E-state index contributed by atoms with van der Waals surface area (Å²) in [7, 11) is 0. The molecule has 0 atom stereocenters. The summed E-state index contributed by atoms with van der Waals surface area (Å²) in [5, 5.41) is 0.614. The van der Waals surface area contributed by atoms with Gasteiger partial charge in [0.2, 0.25) is 0 Å².